The molecular weight excluding hydrogens is 853 g/mol. The van der Waals surface area contributed by atoms with Gasteiger partial charge in [0, 0.05) is 19.3 Å². The molecule has 0 spiro atoms. The Morgan fingerprint density at radius 3 is 0.913 bits per heavy atom. The third-order valence-electron chi connectivity index (χ3n) is 10.8. The van der Waals surface area contributed by atoms with Crippen molar-refractivity contribution in [3.63, 3.8) is 0 Å². The van der Waals surface area contributed by atoms with Gasteiger partial charge in [0.2, 0.25) is 0 Å². The Labute approximate surface area is 422 Å². The maximum absolute atomic E-state index is 12.8. The number of carbonyl (C=O) groups is 3. The Balaban J connectivity index is 4.57. The molecule has 0 amide bonds. The van der Waals surface area contributed by atoms with Gasteiger partial charge in [-0.1, -0.05) is 256 Å². The lowest BCUT2D eigenvalue weighted by Gasteiger charge is -2.18. The van der Waals surface area contributed by atoms with Crippen molar-refractivity contribution in [2.45, 2.75) is 207 Å². The predicted molar refractivity (Wildman–Crippen MR) is 297 cm³/mol. The summed E-state index contributed by atoms with van der Waals surface area (Å²) in [6, 6.07) is 0. The fraction of sp³-hybridized carbons (Fsp3) is 0.540. The van der Waals surface area contributed by atoms with E-state index >= 15 is 0 Å². The fourth-order valence-electron chi connectivity index (χ4n) is 6.78. The first-order valence-corrected chi connectivity index (χ1v) is 27.2. The van der Waals surface area contributed by atoms with Crippen molar-refractivity contribution >= 4 is 17.9 Å². The lowest BCUT2D eigenvalue weighted by molar-refractivity contribution is -0.167. The standard InChI is InChI=1S/C63H96O6/c1-4-7-10-13-16-19-22-25-28-30-31-33-35-38-41-44-47-50-53-56-62(65)68-59-60(58-67-61(64)55-52-49-46-43-40-37-34-27-24-21-18-15-12-9-6-3)69-63(66)57-54-51-48-45-42-39-36-32-29-26-23-20-17-14-11-8-5-2/h8-9,11-12,14-27,29,32,34,36-37,39-40,42,60H,4-7,10,13,28,30-31,33,35,38,41,43-59H2,1-3H3/b11-8-,12-9-,17-14-,18-15-,19-16-,23-20-,24-21-,25-22-,29-26-,34-27-,36-32+,40-37-,42-39-. The van der Waals surface area contributed by atoms with E-state index < -0.39 is 6.10 Å². The zero-order chi connectivity index (χ0) is 50.0. The van der Waals surface area contributed by atoms with E-state index in [1.807, 2.05) is 109 Å². The average Bonchev–Trinajstić information content (AvgIpc) is 3.35. The second kappa shape index (κ2) is 55.6. The monoisotopic (exact) mass is 949 g/mol. The van der Waals surface area contributed by atoms with Gasteiger partial charge in [0.05, 0.1) is 0 Å². The van der Waals surface area contributed by atoms with E-state index in [-0.39, 0.29) is 37.5 Å². The van der Waals surface area contributed by atoms with Crippen LogP contribution in [0.1, 0.15) is 201 Å². The first-order valence-electron chi connectivity index (χ1n) is 27.2. The highest BCUT2D eigenvalue weighted by Crippen LogP contribution is 2.14. The van der Waals surface area contributed by atoms with Crippen LogP contribution in [0.15, 0.2) is 158 Å². The minimum Gasteiger partial charge on any atom is -0.462 e. The van der Waals surface area contributed by atoms with Crippen molar-refractivity contribution < 1.29 is 28.6 Å². The van der Waals surface area contributed by atoms with Crippen molar-refractivity contribution in [3.05, 3.63) is 158 Å². The van der Waals surface area contributed by atoms with E-state index in [1.54, 1.807) is 0 Å². The third kappa shape index (κ3) is 53.8. The molecule has 0 bridgehead atoms. The van der Waals surface area contributed by atoms with Crippen LogP contribution in [0.4, 0.5) is 0 Å². The Bertz CT molecular complexity index is 1610. The minimum absolute atomic E-state index is 0.120. The van der Waals surface area contributed by atoms with Crippen LogP contribution in [0.5, 0.6) is 0 Å². The van der Waals surface area contributed by atoms with Crippen molar-refractivity contribution in [1.82, 2.24) is 0 Å². The maximum Gasteiger partial charge on any atom is 0.306 e. The lowest BCUT2D eigenvalue weighted by atomic mass is 10.1. The molecule has 6 nitrogen and oxygen atoms in total. The molecule has 1 atom stereocenters. The summed E-state index contributed by atoms with van der Waals surface area (Å²) in [6.45, 7) is 6.22. The van der Waals surface area contributed by atoms with E-state index in [0.29, 0.717) is 19.3 Å². The Kier molecular flexibility index (Phi) is 51.6. The van der Waals surface area contributed by atoms with Crippen LogP contribution < -0.4 is 0 Å². The summed E-state index contributed by atoms with van der Waals surface area (Å²) in [7, 11) is 0. The molecule has 0 aliphatic rings. The number of ether oxygens (including phenoxy) is 3. The molecule has 0 radical (unpaired) electrons. The fourth-order valence-corrected chi connectivity index (χ4v) is 6.78. The highest BCUT2D eigenvalue weighted by Gasteiger charge is 2.19. The van der Waals surface area contributed by atoms with Crippen LogP contribution in [0.3, 0.4) is 0 Å². The molecule has 0 aromatic carbocycles. The summed E-state index contributed by atoms with van der Waals surface area (Å²) in [5.74, 6) is -1.02. The van der Waals surface area contributed by atoms with Crippen molar-refractivity contribution in [1.29, 1.82) is 0 Å². The molecule has 0 aromatic rings. The normalized spacial score (nSPS) is 13.4. The molecule has 0 saturated heterocycles. The Morgan fingerprint density at radius 1 is 0.304 bits per heavy atom. The van der Waals surface area contributed by atoms with Crippen LogP contribution in [0.25, 0.3) is 0 Å². The van der Waals surface area contributed by atoms with Crippen LogP contribution in [0.2, 0.25) is 0 Å². The number of hydrogen-bond acceptors (Lipinski definition) is 6. The van der Waals surface area contributed by atoms with Gasteiger partial charge in [-0.15, -0.1) is 0 Å². The molecule has 0 aliphatic carbocycles. The van der Waals surface area contributed by atoms with Gasteiger partial charge >= 0.3 is 17.9 Å². The smallest absolute Gasteiger partial charge is 0.306 e. The summed E-state index contributed by atoms with van der Waals surface area (Å²) in [5, 5.41) is 0. The summed E-state index contributed by atoms with van der Waals surface area (Å²) in [4.78, 5) is 38.1. The van der Waals surface area contributed by atoms with Gasteiger partial charge in [-0.25, -0.2) is 0 Å². The van der Waals surface area contributed by atoms with Gasteiger partial charge in [0.15, 0.2) is 6.10 Å². The molecule has 0 N–H and O–H groups in total. The molecule has 0 fully saturated rings. The van der Waals surface area contributed by atoms with Crippen LogP contribution >= 0.6 is 0 Å². The lowest BCUT2D eigenvalue weighted by Crippen LogP contribution is -2.30. The van der Waals surface area contributed by atoms with Gasteiger partial charge in [0.1, 0.15) is 13.2 Å². The number of rotatable bonds is 46. The highest BCUT2D eigenvalue weighted by molar-refractivity contribution is 5.71. The highest BCUT2D eigenvalue weighted by atomic mass is 16.6. The van der Waals surface area contributed by atoms with E-state index in [9.17, 15) is 14.4 Å². The van der Waals surface area contributed by atoms with Gasteiger partial charge in [-0.05, 0) is 83.5 Å². The van der Waals surface area contributed by atoms with E-state index in [4.69, 9.17) is 14.2 Å². The third-order valence-corrected chi connectivity index (χ3v) is 10.8. The quantitative estimate of drug-likeness (QED) is 0.0262. The topological polar surface area (TPSA) is 78.9 Å². The Hall–Kier alpha value is -4.97. The Morgan fingerprint density at radius 2 is 0.565 bits per heavy atom. The number of allylic oxidation sites excluding steroid dienone is 26. The first-order chi connectivity index (χ1) is 34.0. The molecular formula is C63H96O6. The van der Waals surface area contributed by atoms with Gasteiger partial charge in [0.25, 0.3) is 0 Å². The summed E-state index contributed by atoms with van der Waals surface area (Å²) in [5.41, 5.74) is 0. The SMILES string of the molecule is CC\C=C/C=C\C=C/C=C\C=C/CCCCCC(=O)OCC(COC(=O)CCCCCCCCCCCC/C=C\C=C/CCCCC)OC(=O)CCCCC\C=C/C=C/C=C\C=C/C=C\C=C/CC. The average molecular weight is 949 g/mol. The minimum atomic E-state index is -0.829. The number of unbranched alkanes of at least 4 members (excludes halogenated alkanes) is 19. The molecule has 0 saturated carbocycles. The van der Waals surface area contributed by atoms with Crippen molar-refractivity contribution in [2.24, 2.45) is 0 Å². The summed E-state index contributed by atoms with van der Waals surface area (Å²) >= 11 is 0. The molecule has 0 heterocycles. The van der Waals surface area contributed by atoms with E-state index in [0.717, 1.165) is 77.0 Å². The summed E-state index contributed by atoms with van der Waals surface area (Å²) < 4.78 is 16.8. The molecule has 384 valence electrons. The van der Waals surface area contributed by atoms with E-state index in [2.05, 4.69) is 69.4 Å². The molecule has 6 heteroatoms. The molecule has 1 unspecified atom stereocenters. The number of esters is 3. The maximum atomic E-state index is 12.8. The second-order valence-corrected chi connectivity index (χ2v) is 17.3. The second-order valence-electron chi connectivity index (χ2n) is 17.3. The van der Waals surface area contributed by atoms with Gasteiger partial charge in [-0.3, -0.25) is 14.4 Å². The first kappa shape index (κ1) is 64.0. The molecule has 0 rings (SSSR count). The zero-order valence-electron chi connectivity index (χ0n) is 43.8. The summed E-state index contributed by atoms with van der Waals surface area (Å²) in [6.07, 6.45) is 80.8. The van der Waals surface area contributed by atoms with Gasteiger partial charge in [-0.2, -0.15) is 0 Å². The molecule has 0 aliphatic heterocycles. The van der Waals surface area contributed by atoms with Crippen LogP contribution in [-0.2, 0) is 28.6 Å². The number of carbonyl (C=O) groups excluding carboxylic acids is 3. The van der Waals surface area contributed by atoms with E-state index in [1.165, 1.54) is 77.0 Å². The molecule has 0 aromatic heterocycles. The largest absolute Gasteiger partial charge is 0.462 e. The van der Waals surface area contributed by atoms with Crippen LogP contribution in [-0.4, -0.2) is 37.2 Å². The van der Waals surface area contributed by atoms with Crippen molar-refractivity contribution in [2.75, 3.05) is 13.2 Å². The van der Waals surface area contributed by atoms with Crippen LogP contribution in [0, 0.1) is 0 Å². The van der Waals surface area contributed by atoms with Gasteiger partial charge < -0.3 is 14.2 Å². The molecule has 69 heavy (non-hydrogen) atoms. The zero-order valence-corrected chi connectivity index (χ0v) is 43.8. The van der Waals surface area contributed by atoms with Crippen molar-refractivity contribution in [3.8, 4) is 0 Å². The number of hydrogen-bond donors (Lipinski definition) is 0. The predicted octanol–water partition coefficient (Wildman–Crippen LogP) is 18.2.